The largest absolute Gasteiger partial charge is 0.508 e. The summed E-state index contributed by atoms with van der Waals surface area (Å²) in [4.78, 5) is 24.6. The molecule has 5 nitrogen and oxygen atoms in total. The fraction of sp³-hybridized carbons (Fsp3) is 0.115. The Balaban J connectivity index is 1.55. The zero-order chi connectivity index (χ0) is 21.2. The summed E-state index contributed by atoms with van der Waals surface area (Å²) in [6.07, 6.45) is 1.08. The quantitative estimate of drug-likeness (QED) is 0.691. The lowest BCUT2D eigenvalue weighted by Gasteiger charge is -2.25. The fourth-order valence-corrected chi connectivity index (χ4v) is 3.87. The lowest BCUT2D eigenvalue weighted by molar-refractivity contribution is -0.121. The van der Waals surface area contributed by atoms with Crippen LogP contribution < -0.4 is 0 Å². The number of nitrogens with zero attached hydrogens (tertiary/aromatic N) is 3. The van der Waals surface area contributed by atoms with E-state index in [9.17, 15) is 9.90 Å². The SMILES string of the molecule is O=C1C(Cc2ccccc2)=NC2=C(Cc3ccccc3)N=C(c3ccc(O)cc3)CN12. The van der Waals surface area contributed by atoms with Gasteiger partial charge in [-0.25, -0.2) is 4.99 Å². The Morgan fingerprint density at radius 2 is 1.39 bits per heavy atom. The number of fused-ring (bicyclic) bond motifs is 1. The van der Waals surface area contributed by atoms with Crippen molar-refractivity contribution in [3.63, 3.8) is 0 Å². The van der Waals surface area contributed by atoms with Crippen molar-refractivity contribution < 1.29 is 9.90 Å². The highest BCUT2D eigenvalue weighted by Gasteiger charge is 2.35. The van der Waals surface area contributed by atoms with Crippen LogP contribution in [0.1, 0.15) is 16.7 Å². The molecule has 0 saturated heterocycles. The number of hydrogen-bond donors (Lipinski definition) is 1. The van der Waals surface area contributed by atoms with E-state index in [0.29, 0.717) is 30.9 Å². The van der Waals surface area contributed by atoms with E-state index < -0.39 is 0 Å². The molecule has 2 aliphatic rings. The first kappa shape index (κ1) is 19.0. The molecule has 0 aromatic heterocycles. The maximum atomic E-state index is 13.2. The molecular weight excluding hydrogens is 386 g/mol. The Morgan fingerprint density at radius 3 is 2.03 bits per heavy atom. The van der Waals surface area contributed by atoms with Crippen LogP contribution in [0.5, 0.6) is 5.75 Å². The molecule has 5 rings (SSSR count). The molecular formula is C26H21N3O2. The van der Waals surface area contributed by atoms with Crippen molar-refractivity contribution in [2.45, 2.75) is 12.8 Å². The molecule has 0 radical (unpaired) electrons. The van der Waals surface area contributed by atoms with E-state index in [0.717, 1.165) is 28.1 Å². The zero-order valence-electron chi connectivity index (χ0n) is 16.9. The Bertz CT molecular complexity index is 1210. The second-order valence-corrected chi connectivity index (χ2v) is 7.65. The number of aliphatic imine (C=N–C) groups is 2. The second-order valence-electron chi connectivity index (χ2n) is 7.65. The van der Waals surface area contributed by atoms with Gasteiger partial charge in [0.2, 0.25) is 0 Å². The highest BCUT2D eigenvalue weighted by atomic mass is 16.3. The summed E-state index contributed by atoms with van der Waals surface area (Å²) in [6.45, 7) is 0.360. The average molecular weight is 407 g/mol. The summed E-state index contributed by atoms with van der Waals surface area (Å²) in [5.41, 5.74) is 5.15. The molecule has 0 unspecified atom stereocenters. The highest BCUT2D eigenvalue weighted by Crippen LogP contribution is 2.29. The van der Waals surface area contributed by atoms with Gasteiger partial charge in [-0.2, -0.15) is 0 Å². The van der Waals surface area contributed by atoms with Crippen molar-refractivity contribution in [2.75, 3.05) is 6.54 Å². The number of phenolic OH excluding ortho intramolecular Hbond substituents is 1. The van der Waals surface area contributed by atoms with Gasteiger partial charge in [-0.1, -0.05) is 60.7 Å². The predicted molar refractivity (Wildman–Crippen MR) is 121 cm³/mol. The zero-order valence-corrected chi connectivity index (χ0v) is 16.9. The van der Waals surface area contributed by atoms with Crippen LogP contribution in [0.15, 0.2) is 106 Å². The summed E-state index contributed by atoms with van der Waals surface area (Å²) in [7, 11) is 0. The van der Waals surface area contributed by atoms with E-state index >= 15 is 0 Å². The van der Waals surface area contributed by atoms with Crippen molar-refractivity contribution in [3.05, 3.63) is 113 Å². The molecule has 1 N–H and O–H groups in total. The van der Waals surface area contributed by atoms with Gasteiger partial charge in [0, 0.05) is 12.8 Å². The minimum Gasteiger partial charge on any atom is -0.508 e. The summed E-state index contributed by atoms with van der Waals surface area (Å²) < 4.78 is 0. The smallest absolute Gasteiger partial charge is 0.274 e. The van der Waals surface area contributed by atoms with E-state index in [2.05, 4.69) is 0 Å². The third-order valence-electron chi connectivity index (χ3n) is 5.45. The van der Waals surface area contributed by atoms with Crippen molar-refractivity contribution in [3.8, 4) is 5.75 Å². The number of rotatable bonds is 5. The van der Waals surface area contributed by atoms with Crippen molar-refractivity contribution in [2.24, 2.45) is 9.98 Å². The van der Waals surface area contributed by atoms with E-state index in [1.54, 1.807) is 17.0 Å². The van der Waals surface area contributed by atoms with Gasteiger partial charge < -0.3 is 5.11 Å². The number of hydrogen-bond acceptors (Lipinski definition) is 4. The second kappa shape index (κ2) is 8.03. The highest BCUT2D eigenvalue weighted by molar-refractivity contribution is 6.42. The van der Waals surface area contributed by atoms with E-state index in [1.807, 2.05) is 72.8 Å². The van der Waals surface area contributed by atoms with Crippen LogP contribution in [0.2, 0.25) is 0 Å². The van der Waals surface area contributed by atoms with Crippen molar-refractivity contribution in [1.82, 2.24) is 4.90 Å². The molecule has 3 aromatic rings. The number of carbonyl (C=O) groups excluding carboxylic acids is 1. The van der Waals surface area contributed by atoms with Crippen molar-refractivity contribution >= 4 is 17.3 Å². The third kappa shape index (κ3) is 3.90. The van der Waals surface area contributed by atoms with Crippen LogP contribution in [0.3, 0.4) is 0 Å². The Morgan fingerprint density at radius 1 is 0.774 bits per heavy atom. The topological polar surface area (TPSA) is 65.3 Å². The van der Waals surface area contributed by atoms with Gasteiger partial charge in [0.05, 0.1) is 18.0 Å². The van der Waals surface area contributed by atoms with Crippen molar-refractivity contribution in [1.29, 1.82) is 0 Å². The van der Waals surface area contributed by atoms with Gasteiger partial charge in [-0.05, 0) is 41.0 Å². The standard InChI is InChI=1S/C26H21N3O2/c30-21-13-11-20(12-14-21)24-17-29-25(22(27-24)15-18-7-3-1-4-8-18)28-23(26(29)31)16-19-9-5-2-6-10-19/h1-14,30H,15-17H2. The van der Waals surface area contributed by atoms with E-state index in [4.69, 9.17) is 9.98 Å². The van der Waals surface area contributed by atoms with E-state index in [-0.39, 0.29) is 11.7 Å². The summed E-state index contributed by atoms with van der Waals surface area (Å²) >= 11 is 0. The van der Waals surface area contributed by atoms with Crippen LogP contribution in [0, 0.1) is 0 Å². The number of allylic oxidation sites excluding steroid dienone is 1. The number of phenols is 1. The molecule has 0 bridgehead atoms. The number of aromatic hydroxyl groups is 1. The molecule has 0 spiro atoms. The van der Waals surface area contributed by atoms with Crippen LogP contribution in [0.4, 0.5) is 0 Å². The summed E-state index contributed by atoms with van der Waals surface area (Å²) in [5, 5.41) is 9.64. The first-order valence-electron chi connectivity index (χ1n) is 10.2. The van der Waals surface area contributed by atoms with Gasteiger partial charge in [0.25, 0.3) is 5.91 Å². The molecule has 152 valence electrons. The number of amides is 1. The molecule has 1 amide bonds. The third-order valence-corrected chi connectivity index (χ3v) is 5.45. The van der Waals surface area contributed by atoms with Gasteiger partial charge in [-0.3, -0.25) is 14.7 Å². The van der Waals surface area contributed by atoms with Gasteiger partial charge in [0.15, 0.2) is 5.82 Å². The number of carbonyl (C=O) groups is 1. The maximum Gasteiger partial charge on any atom is 0.274 e. The molecule has 3 aromatic carbocycles. The fourth-order valence-electron chi connectivity index (χ4n) is 3.87. The molecule has 0 fully saturated rings. The minimum absolute atomic E-state index is 0.0735. The lowest BCUT2D eigenvalue weighted by atomic mass is 10.0. The normalized spacial score (nSPS) is 15.6. The molecule has 0 aliphatic carbocycles. The Hall–Kier alpha value is -3.99. The van der Waals surface area contributed by atoms with Crippen LogP contribution >= 0.6 is 0 Å². The van der Waals surface area contributed by atoms with Gasteiger partial charge in [-0.15, -0.1) is 0 Å². The molecule has 2 aliphatic heterocycles. The van der Waals surface area contributed by atoms with Gasteiger partial charge >= 0.3 is 0 Å². The van der Waals surface area contributed by atoms with Crippen LogP contribution in [-0.4, -0.2) is 33.9 Å². The monoisotopic (exact) mass is 407 g/mol. The van der Waals surface area contributed by atoms with E-state index in [1.165, 1.54) is 0 Å². The molecule has 5 heteroatoms. The average Bonchev–Trinajstić information content (AvgIpc) is 3.11. The summed E-state index contributed by atoms with van der Waals surface area (Å²) in [5.74, 6) is 0.768. The number of benzene rings is 3. The van der Waals surface area contributed by atoms with Crippen LogP contribution in [0.25, 0.3) is 0 Å². The Kier molecular flexibility index (Phi) is 4.92. The molecule has 31 heavy (non-hydrogen) atoms. The lowest BCUT2D eigenvalue weighted by Crippen LogP contribution is -2.37. The van der Waals surface area contributed by atoms with Gasteiger partial charge in [0.1, 0.15) is 11.5 Å². The summed E-state index contributed by atoms with van der Waals surface area (Å²) in [6, 6.07) is 26.9. The predicted octanol–water partition coefficient (Wildman–Crippen LogP) is 4.13. The molecule has 2 heterocycles. The Labute approximate surface area is 180 Å². The first-order valence-corrected chi connectivity index (χ1v) is 10.2. The molecule has 0 saturated carbocycles. The first-order chi connectivity index (χ1) is 15.2. The maximum absolute atomic E-state index is 13.2. The minimum atomic E-state index is -0.0735. The molecule has 0 atom stereocenters. The van der Waals surface area contributed by atoms with Crippen LogP contribution in [-0.2, 0) is 17.6 Å².